The number of nitrogens with one attached hydrogen (secondary N) is 1. The smallest absolute Gasteiger partial charge is 0.250 e. The molecule has 5 nitrogen and oxygen atoms in total. The van der Waals surface area contributed by atoms with Crippen LogP contribution in [0.15, 0.2) is 71.1 Å². The number of hydrogen-bond acceptors (Lipinski definition) is 5. The van der Waals surface area contributed by atoms with Gasteiger partial charge in [-0.05, 0) is 29.8 Å². The van der Waals surface area contributed by atoms with Crippen LogP contribution in [0.5, 0.6) is 0 Å². The highest BCUT2D eigenvalue weighted by molar-refractivity contribution is 8.00. The number of hydrazone groups is 1. The summed E-state index contributed by atoms with van der Waals surface area (Å²) in [5, 5.41) is 5.00. The van der Waals surface area contributed by atoms with E-state index in [0.717, 1.165) is 21.4 Å². The van der Waals surface area contributed by atoms with E-state index in [4.69, 9.17) is 0 Å². The highest BCUT2D eigenvalue weighted by atomic mass is 32.2. The Morgan fingerprint density at radius 2 is 1.96 bits per heavy atom. The van der Waals surface area contributed by atoms with Crippen molar-refractivity contribution in [3.8, 4) is 0 Å². The Hall–Kier alpha value is -2.73. The van der Waals surface area contributed by atoms with Crippen molar-refractivity contribution in [2.45, 2.75) is 4.90 Å². The minimum Gasteiger partial charge on any atom is -0.272 e. The highest BCUT2D eigenvalue weighted by Crippen LogP contribution is 2.25. The quantitative estimate of drug-likeness (QED) is 0.445. The molecule has 3 rings (SSSR count). The SMILES string of the molecule is O=C(CSc1cccc2cccnc12)N/N=C\c1ccncc1. The van der Waals surface area contributed by atoms with Gasteiger partial charge >= 0.3 is 0 Å². The Bertz CT molecular complexity index is 831. The van der Waals surface area contributed by atoms with Crippen molar-refractivity contribution in [2.24, 2.45) is 5.10 Å². The van der Waals surface area contributed by atoms with E-state index in [1.54, 1.807) is 24.8 Å². The predicted octanol–water partition coefficient (Wildman–Crippen LogP) is 2.87. The summed E-state index contributed by atoms with van der Waals surface area (Å²) in [6, 6.07) is 13.5. The molecule has 114 valence electrons. The molecule has 0 saturated heterocycles. The summed E-state index contributed by atoms with van der Waals surface area (Å²) in [5.41, 5.74) is 4.31. The molecule has 1 amide bonds. The minimum atomic E-state index is -0.159. The van der Waals surface area contributed by atoms with Crippen LogP contribution >= 0.6 is 11.8 Å². The number of hydrogen-bond donors (Lipinski definition) is 1. The first kappa shape index (κ1) is 15.2. The maximum Gasteiger partial charge on any atom is 0.250 e. The van der Waals surface area contributed by atoms with Crippen LogP contribution in [0.4, 0.5) is 0 Å². The number of aromatic nitrogens is 2. The molecule has 0 fully saturated rings. The first-order chi connectivity index (χ1) is 11.3. The Labute approximate surface area is 137 Å². The van der Waals surface area contributed by atoms with E-state index >= 15 is 0 Å². The summed E-state index contributed by atoms with van der Waals surface area (Å²) in [7, 11) is 0. The average molecular weight is 322 g/mol. The van der Waals surface area contributed by atoms with Gasteiger partial charge in [0.2, 0.25) is 5.91 Å². The third-order valence-electron chi connectivity index (χ3n) is 3.06. The molecule has 0 unspecified atom stereocenters. The summed E-state index contributed by atoms with van der Waals surface area (Å²) in [6.45, 7) is 0. The number of carbonyl (C=O) groups excluding carboxylic acids is 1. The number of para-hydroxylation sites is 1. The zero-order chi connectivity index (χ0) is 15.9. The minimum absolute atomic E-state index is 0.159. The van der Waals surface area contributed by atoms with Gasteiger partial charge in [0.25, 0.3) is 0 Å². The van der Waals surface area contributed by atoms with Crippen LogP contribution in [0.1, 0.15) is 5.56 Å². The monoisotopic (exact) mass is 322 g/mol. The van der Waals surface area contributed by atoms with Crippen LogP contribution in [0.25, 0.3) is 10.9 Å². The molecule has 23 heavy (non-hydrogen) atoms. The molecule has 6 heteroatoms. The molecular weight excluding hydrogens is 308 g/mol. The zero-order valence-electron chi connectivity index (χ0n) is 12.2. The molecule has 0 aliphatic rings. The predicted molar refractivity (Wildman–Crippen MR) is 92.4 cm³/mol. The fraction of sp³-hybridized carbons (Fsp3) is 0.0588. The number of rotatable bonds is 5. The number of fused-ring (bicyclic) bond motifs is 1. The van der Waals surface area contributed by atoms with Crippen molar-refractivity contribution >= 4 is 34.8 Å². The standard InChI is InChI=1S/C17H14N4OS/c22-16(21-20-11-13-6-9-18-10-7-13)12-23-15-5-1-3-14-4-2-8-19-17(14)15/h1-11H,12H2,(H,21,22)/b20-11-. The van der Waals surface area contributed by atoms with Gasteiger partial charge in [-0.2, -0.15) is 5.10 Å². The van der Waals surface area contributed by atoms with Gasteiger partial charge in [-0.15, -0.1) is 11.8 Å². The maximum absolute atomic E-state index is 11.9. The van der Waals surface area contributed by atoms with Crippen molar-refractivity contribution in [1.82, 2.24) is 15.4 Å². The molecule has 0 atom stereocenters. The highest BCUT2D eigenvalue weighted by Gasteiger charge is 2.05. The molecule has 0 aliphatic carbocycles. The van der Waals surface area contributed by atoms with Gasteiger partial charge in [-0.25, -0.2) is 5.43 Å². The van der Waals surface area contributed by atoms with Crippen LogP contribution in [0.3, 0.4) is 0 Å². The molecule has 3 aromatic rings. The van der Waals surface area contributed by atoms with E-state index in [0.29, 0.717) is 0 Å². The van der Waals surface area contributed by atoms with Gasteiger partial charge in [0.1, 0.15) is 0 Å². The molecular formula is C17H14N4OS. The molecule has 0 aliphatic heterocycles. The van der Waals surface area contributed by atoms with Crippen molar-refractivity contribution in [3.63, 3.8) is 0 Å². The maximum atomic E-state index is 11.9. The fourth-order valence-electron chi connectivity index (χ4n) is 2.00. The van der Waals surface area contributed by atoms with E-state index in [1.165, 1.54) is 11.8 Å². The number of pyridine rings is 2. The summed E-state index contributed by atoms with van der Waals surface area (Å²) < 4.78 is 0. The Morgan fingerprint density at radius 1 is 1.13 bits per heavy atom. The lowest BCUT2D eigenvalue weighted by atomic mass is 10.2. The molecule has 1 N–H and O–H groups in total. The van der Waals surface area contributed by atoms with Gasteiger partial charge < -0.3 is 0 Å². The van der Waals surface area contributed by atoms with Gasteiger partial charge in [0.05, 0.1) is 17.5 Å². The van der Waals surface area contributed by atoms with E-state index in [1.807, 2.05) is 42.5 Å². The Kier molecular flexibility index (Phi) is 4.95. The first-order valence-electron chi connectivity index (χ1n) is 7.01. The zero-order valence-corrected chi connectivity index (χ0v) is 13.0. The molecule has 0 radical (unpaired) electrons. The largest absolute Gasteiger partial charge is 0.272 e. The number of thioether (sulfide) groups is 1. The summed E-state index contributed by atoms with van der Waals surface area (Å²) in [6.07, 6.45) is 6.69. The fourth-order valence-corrected chi connectivity index (χ4v) is 2.83. The lowest BCUT2D eigenvalue weighted by Gasteiger charge is -2.04. The van der Waals surface area contributed by atoms with E-state index in [9.17, 15) is 4.79 Å². The van der Waals surface area contributed by atoms with Crippen molar-refractivity contribution in [1.29, 1.82) is 0 Å². The third kappa shape index (κ3) is 4.14. The van der Waals surface area contributed by atoms with Gasteiger partial charge in [-0.3, -0.25) is 14.8 Å². The Balaban J connectivity index is 1.57. The van der Waals surface area contributed by atoms with E-state index in [-0.39, 0.29) is 11.7 Å². The van der Waals surface area contributed by atoms with Gasteiger partial charge in [0, 0.05) is 28.9 Å². The number of benzene rings is 1. The normalized spacial score (nSPS) is 11.0. The molecule has 2 heterocycles. The third-order valence-corrected chi connectivity index (χ3v) is 4.11. The van der Waals surface area contributed by atoms with E-state index < -0.39 is 0 Å². The summed E-state index contributed by atoms with van der Waals surface area (Å²) in [4.78, 5) is 21.1. The van der Waals surface area contributed by atoms with Crippen molar-refractivity contribution in [3.05, 3.63) is 66.6 Å². The molecule has 0 bridgehead atoms. The molecule has 1 aromatic carbocycles. The van der Waals surface area contributed by atoms with E-state index in [2.05, 4.69) is 20.5 Å². The van der Waals surface area contributed by atoms with Gasteiger partial charge in [0.15, 0.2) is 0 Å². The average Bonchev–Trinajstić information content (AvgIpc) is 2.61. The second kappa shape index (κ2) is 7.51. The van der Waals surface area contributed by atoms with Crippen LogP contribution in [-0.2, 0) is 4.79 Å². The number of carbonyl (C=O) groups is 1. The topological polar surface area (TPSA) is 67.2 Å². The molecule has 2 aromatic heterocycles. The summed E-state index contributed by atoms with van der Waals surface area (Å²) >= 11 is 1.45. The van der Waals surface area contributed by atoms with Crippen molar-refractivity contribution in [2.75, 3.05) is 5.75 Å². The second-order valence-corrected chi connectivity index (χ2v) is 5.71. The van der Waals surface area contributed by atoms with Crippen LogP contribution in [0.2, 0.25) is 0 Å². The Morgan fingerprint density at radius 3 is 2.83 bits per heavy atom. The summed E-state index contributed by atoms with van der Waals surface area (Å²) in [5.74, 6) is 0.122. The van der Waals surface area contributed by atoms with Gasteiger partial charge in [-0.1, -0.05) is 18.2 Å². The lowest BCUT2D eigenvalue weighted by molar-refractivity contribution is -0.118. The van der Waals surface area contributed by atoms with Crippen LogP contribution < -0.4 is 5.43 Å². The molecule has 0 saturated carbocycles. The molecule has 0 spiro atoms. The lowest BCUT2D eigenvalue weighted by Crippen LogP contribution is -2.19. The van der Waals surface area contributed by atoms with Crippen LogP contribution in [0, 0.1) is 0 Å². The number of amides is 1. The van der Waals surface area contributed by atoms with Crippen molar-refractivity contribution < 1.29 is 4.79 Å². The number of nitrogens with zero attached hydrogens (tertiary/aromatic N) is 3. The second-order valence-electron chi connectivity index (χ2n) is 4.69. The first-order valence-corrected chi connectivity index (χ1v) is 8.00. The van der Waals surface area contributed by atoms with Crippen LogP contribution in [-0.4, -0.2) is 27.8 Å².